The van der Waals surface area contributed by atoms with Crippen LogP contribution in [-0.4, -0.2) is 26.4 Å². The number of fused-ring (bicyclic) bond motifs is 1. The maximum absolute atomic E-state index is 5.61. The summed E-state index contributed by atoms with van der Waals surface area (Å²) in [5.41, 5.74) is 5.45. The zero-order valence-corrected chi connectivity index (χ0v) is 13.9. The molecule has 4 rings (SSSR count). The average molecular weight is 326 g/mol. The fraction of sp³-hybridized carbons (Fsp3) is 0.190. The molecule has 3 aromatic rings. The lowest BCUT2D eigenvalue weighted by Gasteiger charge is -2.28. The second kappa shape index (κ2) is 6.84. The van der Waals surface area contributed by atoms with Gasteiger partial charge in [0.2, 0.25) is 0 Å². The Labute approximate surface area is 147 Å². The van der Waals surface area contributed by atoms with Gasteiger partial charge < -0.3 is 0 Å². The van der Waals surface area contributed by atoms with E-state index in [0.29, 0.717) is 0 Å². The van der Waals surface area contributed by atoms with Crippen molar-refractivity contribution in [3.05, 3.63) is 77.4 Å². The minimum atomic E-state index is 0.748. The molecule has 0 atom stereocenters. The van der Waals surface area contributed by atoms with E-state index in [1.165, 1.54) is 11.1 Å². The lowest BCUT2D eigenvalue weighted by atomic mass is 10.0. The van der Waals surface area contributed by atoms with E-state index in [4.69, 9.17) is 11.4 Å². The molecule has 0 N–H and O–H groups in total. The fourth-order valence-electron chi connectivity index (χ4n) is 3.18. The van der Waals surface area contributed by atoms with Crippen molar-refractivity contribution in [2.24, 2.45) is 0 Å². The van der Waals surface area contributed by atoms with Crippen LogP contribution in [0.3, 0.4) is 0 Å². The second-order valence-corrected chi connectivity index (χ2v) is 6.17. The molecule has 122 valence electrons. The van der Waals surface area contributed by atoms with Gasteiger partial charge in [-0.1, -0.05) is 24.1 Å². The Kier molecular flexibility index (Phi) is 4.24. The van der Waals surface area contributed by atoms with Crippen LogP contribution >= 0.6 is 0 Å². The molecule has 2 aromatic heterocycles. The quantitative estimate of drug-likeness (QED) is 0.694. The van der Waals surface area contributed by atoms with E-state index in [1.807, 2.05) is 36.5 Å². The standard InChI is InChI=1S/C21H18N4/c1-2-16-6-3-4-7-18(16)14-25-11-9-20-19(15-25)13-23-21(24-20)17-8-5-10-22-12-17/h1,3-8,10,12-13H,9,11,14-15H2. The highest BCUT2D eigenvalue weighted by Gasteiger charge is 2.19. The molecule has 0 aliphatic carbocycles. The van der Waals surface area contributed by atoms with E-state index in [9.17, 15) is 0 Å². The number of aromatic nitrogens is 3. The van der Waals surface area contributed by atoms with Crippen LogP contribution in [0.25, 0.3) is 11.4 Å². The predicted octanol–water partition coefficient (Wildman–Crippen LogP) is 3.08. The van der Waals surface area contributed by atoms with Gasteiger partial charge in [-0.2, -0.15) is 0 Å². The Balaban J connectivity index is 1.53. The Morgan fingerprint density at radius 1 is 1.12 bits per heavy atom. The first-order chi connectivity index (χ1) is 12.3. The van der Waals surface area contributed by atoms with Gasteiger partial charge in [-0.15, -0.1) is 6.42 Å². The largest absolute Gasteiger partial charge is 0.294 e. The summed E-state index contributed by atoms with van der Waals surface area (Å²) in [6, 6.07) is 12.0. The third-order valence-corrected chi connectivity index (χ3v) is 4.50. The Morgan fingerprint density at radius 3 is 2.88 bits per heavy atom. The van der Waals surface area contributed by atoms with Gasteiger partial charge >= 0.3 is 0 Å². The number of hydrogen-bond acceptors (Lipinski definition) is 4. The highest BCUT2D eigenvalue weighted by molar-refractivity contribution is 5.53. The number of terminal acetylenes is 1. The summed E-state index contributed by atoms with van der Waals surface area (Å²) in [6.45, 7) is 2.67. The van der Waals surface area contributed by atoms with Crippen LogP contribution in [0.5, 0.6) is 0 Å². The zero-order valence-electron chi connectivity index (χ0n) is 13.9. The van der Waals surface area contributed by atoms with Gasteiger partial charge in [-0.05, 0) is 23.8 Å². The van der Waals surface area contributed by atoms with Crippen molar-refractivity contribution in [1.82, 2.24) is 19.9 Å². The van der Waals surface area contributed by atoms with Crippen molar-refractivity contribution in [2.75, 3.05) is 6.54 Å². The molecule has 25 heavy (non-hydrogen) atoms. The highest BCUT2D eigenvalue weighted by atomic mass is 15.1. The van der Waals surface area contributed by atoms with Gasteiger partial charge in [0.15, 0.2) is 5.82 Å². The molecule has 0 saturated carbocycles. The number of benzene rings is 1. The van der Waals surface area contributed by atoms with E-state index in [2.05, 4.69) is 26.9 Å². The summed E-state index contributed by atoms with van der Waals surface area (Å²) in [7, 11) is 0. The van der Waals surface area contributed by atoms with Crippen LogP contribution in [0.4, 0.5) is 0 Å². The van der Waals surface area contributed by atoms with Crippen LogP contribution in [-0.2, 0) is 19.5 Å². The van der Waals surface area contributed by atoms with Gasteiger partial charge in [-0.25, -0.2) is 9.97 Å². The van der Waals surface area contributed by atoms with Crippen molar-refractivity contribution >= 4 is 0 Å². The first kappa shape index (κ1) is 15.5. The number of rotatable bonds is 3. The van der Waals surface area contributed by atoms with Gasteiger partial charge in [0.1, 0.15) is 0 Å². The average Bonchev–Trinajstić information content (AvgIpc) is 2.68. The van der Waals surface area contributed by atoms with E-state index in [-0.39, 0.29) is 0 Å². The van der Waals surface area contributed by atoms with Crippen LogP contribution in [0.2, 0.25) is 0 Å². The predicted molar refractivity (Wildman–Crippen MR) is 97.5 cm³/mol. The maximum Gasteiger partial charge on any atom is 0.160 e. The molecule has 0 spiro atoms. The summed E-state index contributed by atoms with van der Waals surface area (Å²) in [4.78, 5) is 15.8. The molecule has 0 radical (unpaired) electrons. The van der Waals surface area contributed by atoms with Crippen molar-refractivity contribution in [3.8, 4) is 23.7 Å². The molecule has 1 aromatic carbocycles. The fourth-order valence-corrected chi connectivity index (χ4v) is 3.18. The molecule has 4 nitrogen and oxygen atoms in total. The van der Waals surface area contributed by atoms with E-state index in [0.717, 1.165) is 48.7 Å². The first-order valence-electron chi connectivity index (χ1n) is 8.35. The van der Waals surface area contributed by atoms with Crippen molar-refractivity contribution in [2.45, 2.75) is 19.5 Å². The summed E-state index contributed by atoms with van der Waals surface area (Å²) >= 11 is 0. The molecule has 0 amide bonds. The van der Waals surface area contributed by atoms with Crippen LogP contribution in [0.1, 0.15) is 22.4 Å². The maximum atomic E-state index is 5.61. The lowest BCUT2D eigenvalue weighted by molar-refractivity contribution is 0.243. The normalized spacial score (nSPS) is 13.9. The third kappa shape index (κ3) is 3.28. The molecule has 4 heteroatoms. The van der Waals surface area contributed by atoms with Gasteiger partial charge in [0, 0.05) is 61.3 Å². The minimum absolute atomic E-state index is 0.748. The molecule has 0 bridgehead atoms. The van der Waals surface area contributed by atoms with E-state index >= 15 is 0 Å². The minimum Gasteiger partial charge on any atom is -0.294 e. The SMILES string of the molecule is C#Cc1ccccc1CN1CCc2nc(-c3cccnc3)ncc2C1. The first-order valence-corrected chi connectivity index (χ1v) is 8.35. The van der Waals surface area contributed by atoms with Crippen LogP contribution in [0.15, 0.2) is 55.0 Å². The second-order valence-electron chi connectivity index (χ2n) is 6.17. The molecule has 0 unspecified atom stereocenters. The summed E-state index contributed by atoms with van der Waals surface area (Å²) < 4.78 is 0. The summed E-state index contributed by atoms with van der Waals surface area (Å²) in [5, 5.41) is 0. The third-order valence-electron chi connectivity index (χ3n) is 4.50. The van der Waals surface area contributed by atoms with Crippen molar-refractivity contribution in [1.29, 1.82) is 0 Å². The molecule has 1 aliphatic rings. The molecule has 0 fully saturated rings. The zero-order chi connectivity index (χ0) is 17.1. The molecular formula is C21H18N4. The van der Waals surface area contributed by atoms with Crippen LogP contribution < -0.4 is 0 Å². The van der Waals surface area contributed by atoms with Gasteiger partial charge in [0.25, 0.3) is 0 Å². The van der Waals surface area contributed by atoms with Crippen molar-refractivity contribution < 1.29 is 0 Å². The number of nitrogens with zero attached hydrogens (tertiary/aromatic N) is 4. The van der Waals surface area contributed by atoms with E-state index < -0.39 is 0 Å². The Bertz CT molecular complexity index is 928. The Morgan fingerprint density at radius 2 is 2.04 bits per heavy atom. The summed E-state index contributed by atoms with van der Waals surface area (Å²) in [6.07, 6.45) is 12.0. The van der Waals surface area contributed by atoms with Gasteiger partial charge in [-0.3, -0.25) is 9.88 Å². The molecule has 0 saturated heterocycles. The number of pyridine rings is 1. The van der Waals surface area contributed by atoms with Crippen LogP contribution in [0, 0.1) is 12.3 Å². The number of hydrogen-bond donors (Lipinski definition) is 0. The highest BCUT2D eigenvalue weighted by Crippen LogP contribution is 2.22. The molecule has 3 heterocycles. The Hall–Kier alpha value is -3.03. The molecular weight excluding hydrogens is 308 g/mol. The topological polar surface area (TPSA) is 41.9 Å². The summed E-state index contributed by atoms with van der Waals surface area (Å²) in [5.74, 6) is 3.52. The van der Waals surface area contributed by atoms with Gasteiger partial charge in [0.05, 0.1) is 5.69 Å². The molecule has 1 aliphatic heterocycles. The lowest BCUT2D eigenvalue weighted by Crippen LogP contribution is -2.31. The smallest absolute Gasteiger partial charge is 0.160 e. The van der Waals surface area contributed by atoms with Crippen molar-refractivity contribution in [3.63, 3.8) is 0 Å². The van der Waals surface area contributed by atoms with E-state index in [1.54, 1.807) is 12.4 Å². The monoisotopic (exact) mass is 326 g/mol.